The Morgan fingerprint density at radius 1 is 1.05 bits per heavy atom. The summed E-state index contributed by atoms with van der Waals surface area (Å²) in [7, 11) is 0. The molecule has 0 radical (unpaired) electrons. The Morgan fingerprint density at radius 2 is 1.74 bits per heavy atom. The summed E-state index contributed by atoms with van der Waals surface area (Å²) < 4.78 is 5.74. The zero-order valence-corrected chi connectivity index (χ0v) is 11.5. The van der Waals surface area contributed by atoms with E-state index >= 15 is 0 Å². The molecule has 0 aliphatic heterocycles. The normalized spacial score (nSPS) is 10.6. The number of aliphatic carboxylic acids is 1. The minimum atomic E-state index is -1.09. The van der Waals surface area contributed by atoms with Crippen molar-refractivity contribution < 1.29 is 19.4 Å². The first kappa shape index (κ1) is 13.7. The fraction of sp³-hybridized carbons (Fsp3) is 0.143. The van der Waals surface area contributed by atoms with Crippen molar-refractivity contribution in [3.05, 3.63) is 46.4 Å². The van der Waals surface area contributed by atoms with Crippen molar-refractivity contribution in [2.24, 2.45) is 0 Å². The van der Waals surface area contributed by atoms with Crippen molar-refractivity contribution >= 4 is 38.5 Å². The van der Waals surface area contributed by atoms with Crippen LogP contribution in [0.2, 0.25) is 0 Å². The number of ether oxygens (including phenoxy) is 1. The van der Waals surface area contributed by atoms with E-state index in [1.165, 1.54) is 0 Å². The Hall–Kier alpha value is -1.72. The number of hydrogen-bond donors (Lipinski definition) is 1. The molecular weight excluding hydrogens is 312 g/mol. The molecule has 2 rings (SSSR count). The summed E-state index contributed by atoms with van der Waals surface area (Å²) in [5, 5.41) is 10.2. The number of fused-ring (bicyclic) bond motifs is 1. The molecule has 0 aliphatic carbocycles. The second kappa shape index (κ2) is 5.95. The third-order valence-electron chi connectivity index (χ3n) is 2.63. The second-order valence-corrected chi connectivity index (χ2v) is 4.80. The molecule has 4 nitrogen and oxygen atoms in total. The van der Waals surface area contributed by atoms with Gasteiger partial charge >= 0.3 is 5.97 Å². The predicted molar refractivity (Wildman–Crippen MR) is 74.4 cm³/mol. The Bertz CT molecular complexity index is 636. The molecule has 2 aromatic carbocycles. The minimum Gasteiger partial charge on any atom is -0.480 e. The molecule has 0 spiro atoms. The van der Waals surface area contributed by atoms with Gasteiger partial charge in [-0.15, -0.1) is 0 Å². The van der Waals surface area contributed by atoms with Gasteiger partial charge < -0.3 is 9.84 Å². The van der Waals surface area contributed by atoms with Crippen LogP contribution < -0.4 is 0 Å². The number of carbonyl (C=O) groups excluding carboxylic acids is 1. The van der Waals surface area contributed by atoms with E-state index in [4.69, 9.17) is 9.84 Å². The summed E-state index contributed by atoms with van der Waals surface area (Å²) in [5.41, 5.74) is 0.532. The van der Waals surface area contributed by atoms with Gasteiger partial charge in [-0.3, -0.25) is 4.79 Å². The molecule has 98 valence electrons. The van der Waals surface area contributed by atoms with Crippen molar-refractivity contribution in [2.75, 3.05) is 13.2 Å². The number of carboxylic acid groups (broad SMARTS) is 1. The molecule has 0 aliphatic rings. The highest BCUT2D eigenvalue weighted by Gasteiger charge is 2.12. The highest BCUT2D eigenvalue weighted by Crippen LogP contribution is 2.27. The maximum absolute atomic E-state index is 12.0. The molecule has 0 unspecified atom stereocenters. The lowest BCUT2D eigenvalue weighted by atomic mass is 10.0. The lowest BCUT2D eigenvalue weighted by Gasteiger charge is -2.07. The Morgan fingerprint density at radius 3 is 2.42 bits per heavy atom. The van der Waals surface area contributed by atoms with Gasteiger partial charge in [0.2, 0.25) is 0 Å². The van der Waals surface area contributed by atoms with E-state index in [0.717, 1.165) is 15.2 Å². The fourth-order valence-electron chi connectivity index (χ4n) is 1.81. The molecule has 5 heteroatoms. The molecule has 2 aromatic rings. The first-order valence-corrected chi connectivity index (χ1v) is 6.39. The molecule has 0 amide bonds. The van der Waals surface area contributed by atoms with Crippen LogP contribution in [0.1, 0.15) is 10.4 Å². The Balaban J connectivity index is 2.27. The monoisotopic (exact) mass is 322 g/mol. The highest BCUT2D eigenvalue weighted by atomic mass is 79.9. The third-order valence-corrected chi connectivity index (χ3v) is 3.32. The molecule has 0 bridgehead atoms. The number of carboxylic acids is 1. The van der Waals surface area contributed by atoms with E-state index in [0.29, 0.717) is 5.56 Å². The largest absolute Gasteiger partial charge is 0.480 e. The van der Waals surface area contributed by atoms with Crippen LogP contribution in [-0.2, 0) is 9.53 Å². The van der Waals surface area contributed by atoms with Gasteiger partial charge in [0.05, 0.1) is 0 Å². The average Bonchev–Trinajstić information content (AvgIpc) is 2.39. The summed E-state index contributed by atoms with van der Waals surface area (Å²) in [5.74, 6) is -1.32. The van der Waals surface area contributed by atoms with Crippen LogP contribution in [-0.4, -0.2) is 30.1 Å². The van der Waals surface area contributed by atoms with Gasteiger partial charge in [0.25, 0.3) is 0 Å². The lowest BCUT2D eigenvalue weighted by molar-refractivity contribution is -0.141. The summed E-state index contributed by atoms with van der Waals surface area (Å²) in [6.45, 7) is -0.710. The predicted octanol–water partition coefficient (Wildman–Crippen LogP) is 2.89. The van der Waals surface area contributed by atoms with Crippen LogP contribution in [0.25, 0.3) is 10.8 Å². The van der Waals surface area contributed by atoms with E-state index in [1.807, 2.05) is 24.3 Å². The van der Waals surface area contributed by atoms with E-state index in [9.17, 15) is 9.59 Å². The van der Waals surface area contributed by atoms with Crippen LogP contribution in [0.4, 0.5) is 0 Å². The molecule has 0 saturated heterocycles. The van der Waals surface area contributed by atoms with Crippen molar-refractivity contribution in [2.45, 2.75) is 0 Å². The van der Waals surface area contributed by atoms with Gasteiger partial charge in [0, 0.05) is 10.0 Å². The first-order chi connectivity index (χ1) is 9.09. The van der Waals surface area contributed by atoms with Gasteiger partial charge in [-0.2, -0.15) is 0 Å². The molecule has 0 aromatic heterocycles. The summed E-state index contributed by atoms with van der Waals surface area (Å²) in [6.07, 6.45) is 0. The van der Waals surface area contributed by atoms with Gasteiger partial charge in [0.15, 0.2) is 5.78 Å². The quantitative estimate of drug-likeness (QED) is 0.860. The van der Waals surface area contributed by atoms with Crippen molar-refractivity contribution in [1.29, 1.82) is 0 Å². The Kier molecular flexibility index (Phi) is 4.29. The lowest BCUT2D eigenvalue weighted by Crippen LogP contribution is -2.14. The topological polar surface area (TPSA) is 63.6 Å². The number of Topliss-reactive ketones (excluding diaryl/α,β-unsaturated/α-hetero) is 1. The van der Waals surface area contributed by atoms with Crippen molar-refractivity contribution in [3.63, 3.8) is 0 Å². The summed E-state index contributed by atoms with van der Waals surface area (Å²) in [4.78, 5) is 22.4. The molecule has 1 N–H and O–H groups in total. The molecule has 0 atom stereocenters. The molecule has 0 saturated carbocycles. The number of hydrogen-bond acceptors (Lipinski definition) is 3. The standard InChI is InChI=1S/C14H11BrO4/c15-12-6-5-11(9-3-1-2-4-10(9)12)13(16)7-19-8-14(17)18/h1-6H,7-8H2,(H,17,18). The minimum absolute atomic E-state index is 0.232. The van der Waals surface area contributed by atoms with Gasteiger partial charge in [-0.05, 0) is 22.9 Å². The summed E-state index contributed by atoms with van der Waals surface area (Å²) in [6, 6.07) is 11.0. The SMILES string of the molecule is O=C(O)COCC(=O)c1ccc(Br)c2ccccc12. The average molecular weight is 323 g/mol. The van der Waals surface area contributed by atoms with Crippen LogP contribution in [0.5, 0.6) is 0 Å². The zero-order chi connectivity index (χ0) is 13.8. The maximum atomic E-state index is 12.0. The Labute approximate surface area is 118 Å². The number of carbonyl (C=O) groups is 2. The molecule has 19 heavy (non-hydrogen) atoms. The van der Waals surface area contributed by atoms with Crippen molar-refractivity contribution in [3.8, 4) is 0 Å². The molecular formula is C14H11BrO4. The fourth-order valence-corrected chi connectivity index (χ4v) is 2.29. The number of ketones is 1. The highest BCUT2D eigenvalue weighted by molar-refractivity contribution is 9.10. The van der Waals surface area contributed by atoms with Gasteiger partial charge in [0.1, 0.15) is 13.2 Å². The smallest absolute Gasteiger partial charge is 0.329 e. The molecule has 0 fully saturated rings. The van der Waals surface area contributed by atoms with Crippen LogP contribution in [0.3, 0.4) is 0 Å². The van der Waals surface area contributed by atoms with Gasteiger partial charge in [-0.1, -0.05) is 40.2 Å². The molecule has 0 heterocycles. The maximum Gasteiger partial charge on any atom is 0.329 e. The number of benzene rings is 2. The number of halogens is 1. The number of rotatable bonds is 5. The third kappa shape index (κ3) is 3.19. The second-order valence-electron chi connectivity index (χ2n) is 3.95. The van der Waals surface area contributed by atoms with E-state index < -0.39 is 12.6 Å². The van der Waals surface area contributed by atoms with Crippen LogP contribution in [0.15, 0.2) is 40.9 Å². The zero-order valence-electron chi connectivity index (χ0n) is 9.93. The van der Waals surface area contributed by atoms with Crippen LogP contribution >= 0.6 is 15.9 Å². The van der Waals surface area contributed by atoms with Gasteiger partial charge in [-0.25, -0.2) is 4.79 Å². The van der Waals surface area contributed by atoms with E-state index in [-0.39, 0.29) is 12.4 Å². The van der Waals surface area contributed by atoms with Crippen molar-refractivity contribution in [1.82, 2.24) is 0 Å². The first-order valence-electron chi connectivity index (χ1n) is 5.59. The van der Waals surface area contributed by atoms with E-state index in [1.54, 1.807) is 12.1 Å². The summed E-state index contributed by atoms with van der Waals surface area (Å²) >= 11 is 3.43. The van der Waals surface area contributed by atoms with E-state index in [2.05, 4.69) is 15.9 Å². The van der Waals surface area contributed by atoms with Crippen LogP contribution in [0, 0.1) is 0 Å².